The second kappa shape index (κ2) is 7.28. The SMILES string of the molecule is CCC(CN1CCCC1)NC(=O)Cc1ccc2c(c1)CCC2. The van der Waals surface area contributed by atoms with Gasteiger partial charge in [-0.25, -0.2) is 0 Å². The lowest BCUT2D eigenvalue weighted by atomic mass is 10.0. The van der Waals surface area contributed by atoms with Crippen molar-refractivity contribution < 1.29 is 4.79 Å². The monoisotopic (exact) mass is 300 g/mol. The second-order valence-corrected chi connectivity index (χ2v) is 6.81. The van der Waals surface area contributed by atoms with Crippen LogP contribution in [-0.4, -0.2) is 36.5 Å². The summed E-state index contributed by atoms with van der Waals surface area (Å²) < 4.78 is 0. The van der Waals surface area contributed by atoms with Crippen LogP contribution in [0.15, 0.2) is 18.2 Å². The summed E-state index contributed by atoms with van der Waals surface area (Å²) in [6.07, 6.45) is 7.78. The predicted molar refractivity (Wildman–Crippen MR) is 90.1 cm³/mol. The Balaban J connectivity index is 1.52. The lowest BCUT2D eigenvalue weighted by Gasteiger charge is -2.23. The van der Waals surface area contributed by atoms with Gasteiger partial charge in [-0.05, 0) is 68.3 Å². The van der Waals surface area contributed by atoms with E-state index in [0.29, 0.717) is 12.5 Å². The Morgan fingerprint density at radius 1 is 1.18 bits per heavy atom. The molecular formula is C19H28N2O. The van der Waals surface area contributed by atoms with Crippen molar-refractivity contribution in [1.29, 1.82) is 0 Å². The molecule has 2 aliphatic rings. The fraction of sp³-hybridized carbons (Fsp3) is 0.632. The molecule has 3 heteroatoms. The van der Waals surface area contributed by atoms with Crippen LogP contribution in [0.5, 0.6) is 0 Å². The van der Waals surface area contributed by atoms with Gasteiger partial charge in [-0.15, -0.1) is 0 Å². The second-order valence-electron chi connectivity index (χ2n) is 6.81. The Bertz CT molecular complexity index is 520. The molecule has 3 rings (SSSR count). The highest BCUT2D eigenvalue weighted by molar-refractivity contribution is 5.79. The van der Waals surface area contributed by atoms with Gasteiger partial charge in [0.05, 0.1) is 6.42 Å². The summed E-state index contributed by atoms with van der Waals surface area (Å²) in [5.74, 6) is 0.170. The minimum Gasteiger partial charge on any atom is -0.352 e. The molecule has 1 heterocycles. The molecule has 1 amide bonds. The van der Waals surface area contributed by atoms with Crippen molar-refractivity contribution in [2.45, 2.75) is 57.9 Å². The number of carbonyl (C=O) groups excluding carboxylic acids is 1. The van der Waals surface area contributed by atoms with Gasteiger partial charge >= 0.3 is 0 Å². The molecule has 120 valence electrons. The van der Waals surface area contributed by atoms with Crippen molar-refractivity contribution in [3.05, 3.63) is 34.9 Å². The number of nitrogens with zero attached hydrogens (tertiary/aromatic N) is 1. The topological polar surface area (TPSA) is 32.3 Å². The molecule has 0 aromatic heterocycles. The van der Waals surface area contributed by atoms with Gasteiger partial charge in [0.15, 0.2) is 0 Å². The van der Waals surface area contributed by atoms with Gasteiger partial charge in [0, 0.05) is 12.6 Å². The maximum Gasteiger partial charge on any atom is 0.224 e. The van der Waals surface area contributed by atoms with Crippen LogP contribution in [0.1, 0.15) is 49.3 Å². The average molecular weight is 300 g/mol. The van der Waals surface area contributed by atoms with E-state index in [1.54, 1.807) is 0 Å². The number of fused-ring (bicyclic) bond motifs is 1. The highest BCUT2D eigenvalue weighted by atomic mass is 16.1. The van der Waals surface area contributed by atoms with Crippen molar-refractivity contribution in [2.75, 3.05) is 19.6 Å². The molecule has 1 aliphatic heterocycles. The van der Waals surface area contributed by atoms with E-state index < -0.39 is 0 Å². The molecule has 0 radical (unpaired) electrons. The predicted octanol–water partition coefficient (Wildman–Crippen LogP) is 2.71. The largest absolute Gasteiger partial charge is 0.352 e. The molecule has 3 nitrogen and oxygen atoms in total. The van der Waals surface area contributed by atoms with Crippen LogP contribution < -0.4 is 5.32 Å². The van der Waals surface area contributed by atoms with E-state index in [1.807, 2.05) is 0 Å². The summed E-state index contributed by atoms with van der Waals surface area (Å²) in [5, 5.41) is 3.23. The summed E-state index contributed by atoms with van der Waals surface area (Å²) in [4.78, 5) is 14.8. The number of nitrogens with one attached hydrogen (secondary N) is 1. The zero-order valence-electron chi connectivity index (χ0n) is 13.7. The quantitative estimate of drug-likeness (QED) is 0.876. The van der Waals surface area contributed by atoms with Crippen LogP contribution in [0, 0.1) is 0 Å². The van der Waals surface area contributed by atoms with Gasteiger partial charge in [0.2, 0.25) is 5.91 Å². The van der Waals surface area contributed by atoms with Crippen molar-refractivity contribution in [1.82, 2.24) is 10.2 Å². The van der Waals surface area contributed by atoms with Crippen molar-refractivity contribution in [3.63, 3.8) is 0 Å². The van der Waals surface area contributed by atoms with E-state index in [2.05, 4.69) is 35.3 Å². The molecule has 1 saturated heterocycles. The van der Waals surface area contributed by atoms with Gasteiger partial charge in [0.1, 0.15) is 0 Å². The van der Waals surface area contributed by atoms with Gasteiger partial charge in [-0.2, -0.15) is 0 Å². The fourth-order valence-electron chi connectivity index (χ4n) is 3.75. The lowest BCUT2D eigenvalue weighted by molar-refractivity contribution is -0.121. The first-order valence-corrected chi connectivity index (χ1v) is 8.87. The molecule has 0 bridgehead atoms. The van der Waals surface area contributed by atoms with E-state index in [1.165, 1.54) is 56.3 Å². The minimum absolute atomic E-state index is 0.170. The number of aryl methyl sites for hydroxylation is 2. The molecule has 1 N–H and O–H groups in total. The number of likely N-dealkylation sites (tertiary alicyclic amines) is 1. The number of rotatable bonds is 6. The third-order valence-corrected chi connectivity index (χ3v) is 5.06. The zero-order chi connectivity index (χ0) is 15.4. The summed E-state index contributed by atoms with van der Waals surface area (Å²) in [7, 11) is 0. The van der Waals surface area contributed by atoms with E-state index in [4.69, 9.17) is 0 Å². The molecule has 1 atom stereocenters. The highest BCUT2D eigenvalue weighted by Crippen LogP contribution is 2.23. The van der Waals surface area contributed by atoms with E-state index in [-0.39, 0.29) is 5.91 Å². The zero-order valence-corrected chi connectivity index (χ0v) is 13.7. The van der Waals surface area contributed by atoms with E-state index >= 15 is 0 Å². The van der Waals surface area contributed by atoms with Gasteiger partial charge in [-0.1, -0.05) is 25.1 Å². The smallest absolute Gasteiger partial charge is 0.224 e. The maximum atomic E-state index is 12.3. The van der Waals surface area contributed by atoms with Crippen LogP contribution in [0.4, 0.5) is 0 Å². The number of hydrogen-bond acceptors (Lipinski definition) is 2. The standard InChI is InChI=1S/C19H28N2O/c1-2-18(14-21-10-3-4-11-21)20-19(22)13-15-8-9-16-6-5-7-17(16)12-15/h8-9,12,18H,2-7,10-11,13-14H2,1H3,(H,20,22). The molecule has 1 unspecified atom stereocenters. The van der Waals surface area contributed by atoms with Crippen LogP contribution in [-0.2, 0) is 24.1 Å². The fourth-order valence-corrected chi connectivity index (χ4v) is 3.75. The van der Waals surface area contributed by atoms with E-state index in [0.717, 1.165) is 18.5 Å². The normalized spacial score (nSPS) is 19.1. The molecule has 1 fully saturated rings. The molecule has 0 spiro atoms. The lowest BCUT2D eigenvalue weighted by Crippen LogP contribution is -2.43. The Labute approximate surface area is 134 Å². The summed E-state index contributed by atoms with van der Waals surface area (Å²) in [6, 6.07) is 6.88. The summed E-state index contributed by atoms with van der Waals surface area (Å²) in [6.45, 7) is 5.55. The first-order valence-electron chi connectivity index (χ1n) is 8.87. The van der Waals surface area contributed by atoms with Crippen molar-refractivity contribution in [2.24, 2.45) is 0 Å². The highest BCUT2D eigenvalue weighted by Gasteiger charge is 2.18. The first kappa shape index (κ1) is 15.5. The number of carbonyl (C=O) groups is 1. The van der Waals surface area contributed by atoms with Crippen molar-refractivity contribution >= 4 is 5.91 Å². The van der Waals surface area contributed by atoms with Gasteiger partial charge < -0.3 is 10.2 Å². The molecule has 1 aromatic rings. The average Bonchev–Trinajstić information content (AvgIpc) is 3.17. The first-order chi connectivity index (χ1) is 10.7. The van der Waals surface area contributed by atoms with Crippen LogP contribution in [0.2, 0.25) is 0 Å². The number of hydrogen-bond donors (Lipinski definition) is 1. The van der Waals surface area contributed by atoms with Crippen LogP contribution in [0.3, 0.4) is 0 Å². The number of amides is 1. The van der Waals surface area contributed by atoms with Crippen molar-refractivity contribution in [3.8, 4) is 0 Å². The summed E-state index contributed by atoms with van der Waals surface area (Å²) >= 11 is 0. The Hall–Kier alpha value is -1.35. The van der Waals surface area contributed by atoms with Gasteiger partial charge in [0.25, 0.3) is 0 Å². The third kappa shape index (κ3) is 3.89. The minimum atomic E-state index is 0.170. The Morgan fingerprint density at radius 3 is 2.73 bits per heavy atom. The molecule has 1 aliphatic carbocycles. The molecule has 1 aromatic carbocycles. The van der Waals surface area contributed by atoms with E-state index in [9.17, 15) is 4.79 Å². The summed E-state index contributed by atoms with van der Waals surface area (Å²) in [5.41, 5.74) is 4.09. The Morgan fingerprint density at radius 2 is 1.95 bits per heavy atom. The molecule has 22 heavy (non-hydrogen) atoms. The Kier molecular flexibility index (Phi) is 5.14. The third-order valence-electron chi connectivity index (χ3n) is 5.06. The number of benzene rings is 1. The van der Waals surface area contributed by atoms with Gasteiger partial charge in [-0.3, -0.25) is 4.79 Å². The molecular weight excluding hydrogens is 272 g/mol. The maximum absolute atomic E-state index is 12.3. The van der Waals surface area contributed by atoms with Crippen LogP contribution >= 0.6 is 0 Å². The van der Waals surface area contributed by atoms with Crippen LogP contribution in [0.25, 0.3) is 0 Å². The molecule has 0 saturated carbocycles.